The van der Waals surface area contributed by atoms with Crippen molar-refractivity contribution in [3.05, 3.63) is 23.8 Å². The van der Waals surface area contributed by atoms with Crippen LogP contribution >= 0.6 is 0 Å². The first-order chi connectivity index (χ1) is 10.7. The molecule has 0 amide bonds. The standard InChI is InChI=1S/C20H26O3/c1-18-8-6-13(21)10-12(18)4-5-14-15-7-9-20(3,23)19(15,2)11-16(22)17(14)18/h6-8,12,14,17,23H,4-5,9-11H2,1-3H3/t12-,14-,17+,18-,19-,20-/m0/s1. The van der Waals surface area contributed by atoms with Crippen LogP contribution in [-0.2, 0) is 9.59 Å². The molecule has 124 valence electrons. The molecule has 3 heteroatoms. The summed E-state index contributed by atoms with van der Waals surface area (Å²) in [6.07, 6.45) is 9.53. The van der Waals surface area contributed by atoms with Gasteiger partial charge in [-0.15, -0.1) is 0 Å². The first-order valence-electron chi connectivity index (χ1n) is 8.87. The van der Waals surface area contributed by atoms with Crippen molar-refractivity contribution in [2.24, 2.45) is 28.6 Å². The van der Waals surface area contributed by atoms with E-state index in [1.54, 1.807) is 6.08 Å². The predicted octanol–water partition coefficient (Wildman–Crippen LogP) is 3.22. The molecule has 4 rings (SSSR count). The lowest BCUT2D eigenvalue weighted by Crippen LogP contribution is -2.56. The fourth-order valence-electron chi connectivity index (χ4n) is 5.98. The molecule has 0 radical (unpaired) electrons. The van der Waals surface area contributed by atoms with Crippen molar-refractivity contribution in [3.63, 3.8) is 0 Å². The van der Waals surface area contributed by atoms with Gasteiger partial charge in [0.25, 0.3) is 0 Å². The largest absolute Gasteiger partial charge is 0.389 e. The van der Waals surface area contributed by atoms with Crippen LogP contribution in [0, 0.1) is 28.6 Å². The van der Waals surface area contributed by atoms with E-state index in [0.29, 0.717) is 19.3 Å². The molecule has 0 bridgehead atoms. The molecule has 4 aliphatic rings. The number of hydrogen-bond acceptors (Lipinski definition) is 3. The van der Waals surface area contributed by atoms with Gasteiger partial charge in [-0.2, -0.15) is 0 Å². The molecule has 0 heterocycles. The summed E-state index contributed by atoms with van der Waals surface area (Å²) >= 11 is 0. The lowest BCUT2D eigenvalue weighted by Gasteiger charge is -2.56. The fourth-order valence-corrected chi connectivity index (χ4v) is 5.98. The molecule has 0 unspecified atom stereocenters. The number of carbonyl (C=O) groups is 2. The monoisotopic (exact) mass is 314 g/mol. The maximum atomic E-state index is 13.1. The second kappa shape index (κ2) is 4.44. The third-order valence-electron chi connectivity index (χ3n) is 7.67. The van der Waals surface area contributed by atoms with Crippen molar-refractivity contribution in [1.82, 2.24) is 0 Å². The molecule has 0 aromatic heterocycles. The Kier molecular flexibility index (Phi) is 2.96. The normalized spacial score (nSPS) is 51.8. The highest BCUT2D eigenvalue weighted by Gasteiger charge is 2.62. The minimum atomic E-state index is -0.820. The topological polar surface area (TPSA) is 54.4 Å². The van der Waals surface area contributed by atoms with Crippen LogP contribution in [0.1, 0.15) is 52.9 Å². The van der Waals surface area contributed by atoms with Gasteiger partial charge in [0, 0.05) is 24.2 Å². The third kappa shape index (κ3) is 1.80. The van der Waals surface area contributed by atoms with Gasteiger partial charge >= 0.3 is 0 Å². The van der Waals surface area contributed by atoms with E-state index < -0.39 is 11.0 Å². The molecule has 0 spiro atoms. The minimum absolute atomic E-state index is 0.0289. The van der Waals surface area contributed by atoms with E-state index in [4.69, 9.17) is 0 Å². The number of rotatable bonds is 0. The van der Waals surface area contributed by atoms with Gasteiger partial charge in [-0.3, -0.25) is 9.59 Å². The smallest absolute Gasteiger partial charge is 0.155 e. The molecule has 6 atom stereocenters. The van der Waals surface area contributed by atoms with E-state index in [9.17, 15) is 14.7 Å². The van der Waals surface area contributed by atoms with E-state index in [-0.39, 0.29) is 34.7 Å². The van der Waals surface area contributed by atoms with Crippen molar-refractivity contribution >= 4 is 11.6 Å². The molecule has 1 N–H and O–H groups in total. The van der Waals surface area contributed by atoms with Crippen LogP contribution in [0.3, 0.4) is 0 Å². The summed E-state index contributed by atoms with van der Waals surface area (Å²) in [7, 11) is 0. The number of fused-ring (bicyclic) bond motifs is 5. The zero-order chi connectivity index (χ0) is 16.6. The first kappa shape index (κ1) is 15.3. The van der Waals surface area contributed by atoms with E-state index >= 15 is 0 Å². The second-order valence-electron chi connectivity index (χ2n) is 8.84. The van der Waals surface area contributed by atoms with Crippen LogP contribution in [0.25, 0.3) is 0 Å². The van der Waals surface area contributed by atoms with Gasteiger partial charge < -0.3 is 5.11 Å². The summed E-state index contributed by atoms with van der Waals surface area (Å²) in [6, 6.07) is 0. The molecular formula is C20H26O3. The number of Topliss-reactive ketones (excluding diaryl/α,β-unsaturated/α-hetero) is 1. The highest BCUT2D eigenvalue weighted by atomic mass is 16.3. The van der Waals surface area contributed by atoms with Crippen LogP contribution in [0.4, 0.5) is 0 Å². The van der Waals surface area contributed by atoms with Gasteiger partial charge in [0.05, 0.1) is 5.60 Å². The molecular weight excluding hydrogens is 288 g/mol. The summed E-state index contributed by atoms with van der Waals surface area (Å²) < 4.78 is 0. The first-order valence-corrected chi connectivity index (χ1v) is 8.87. The summed E-state index contributed by atoms with van der Waals surface area (Å²) in [5, 5.41) is 10.8. The second-order valence-corrected chi connectivity index (χ2v) is 8.84. The third-order valence-corrected chi connectivity index (χ3v) is 7.67. The van der Waals surface area contributed by atoms with Crippen molar-refractivity contribution < 1.29 is 14.7 Å². The Labute approximate surface area is 137 Å². The zero-order valence-electron chi connectivity index (χ0n) is 14.3. The van der Waals surface area contributed by atoms with Gasteiger partial charge in [0.15, 0.2) is 5.78 Å². The predicted molar refractivity (Wildman–Crippen MR) is 87.6 cm³/mol. The van der Waals surface area contributed by atoms with E-state index in [2.05, 4.69) is 19.9 Å². The maximum Gasteiger partial charge on any atom is 0.155 e. The average Bonchev–Trinajstić information content (AvgIpc) is 2.69. The van der Waals surface area contributed by atoms with Crippen molar-refractivity contribution in [2.75, 3.05) is 0 Å². The molecule has 2 fully saturated rings. The molecule has 3 nitrogen and oxygen atoms in total. The lowest BCUT2D eigenvalue weighted by molar-refractivity contribution is -0.145. The maximum absolute atomic E-state index is 13.1. The van der Waals surface area contributed by atoms with E-state index in [0.717, 1.165) is 12.8 Å². The van der Waals surface area contributed by atoms with E-state index in [1.165, 1.54) is 5.57 Å². The Morgan fingerprint density at radius 1 is 1.17 bits per heavy atom. The van der Waals surface area contributed by atoms with Gasteiger partial charge in [-0.05, 0) is 49.5 Å². The molecule has 4 aliphatic carbocycles. The van der Waals surface area contributed by atoms with Crippen molar-refractivity contribution in [2.45, 2.75) is 58.5 Å². The summed E-state index contributed by atoms with van der Waals surface area (Å²) in [4.78, 5) is 25.0. The molecule has 0 aromatic carbocycles. The summed E-state index contributed by atoms with van der Waals surface area (Å²) in [6.45, 7) is 6.11. The Bertz CT molecular complexity index is 656. The van der Waals surface area contributed by atoms with Crippen LogP contribution < -0.4 is 0 Å². The SMILES string of the molecule is C[C@]12C=CC(=O)C[C@@H]1CC[C@H]1C3=CC[C@](C)(O)[C@@]3(C)CC(=O)[C@@H]12. The minimum Gasteiger partial charge on any atom is -0.389 e. The lowest BCUT2D eigenvalue weighted by atomic mass is 9.46. The van der Waals surface area contributed by atoms with Gasteiger partial charge in [0.1, 0.15) is 5.78 Å². The van der Waals surface area contributed by atoms with Crippen LogP contribution in [-0.4, -0.2) is 22.3 Å². The molecule has 0 aliphatic heterocycles. The number of hydrogen-bond donors (Lipinski definition) is 1. The quantitative estimate of drug-likeness (QED) is 0.698. The number of aliphatic hydroxyl groups is 1. The summed E-state index contributed by atoms with van der Waals surface area (Å²) in [5.41, 5.74) is -0.135. The highest BCUT2D eigenvalue weighted by Crippen LogP contribution is 2.64. The van der Waals surface area contributed by atoms with Crippen molar-refractivity contribution in [3.8, 4) is 0 Å². The van der Waals surface area contributed by atoms with Crippen LogP contribution in [0.5, 0.6) is 0 Å². The molecule has 2 saturated carbocycles. The number of carbonyl (C=O) groups excluding carboxylic acids is 2. The van der Waals surface area contributed by atoms with Gasteiger partial charge in [-0.25, -0.2) is 0 Å². The van der Waals surface area contributed by atoms with Gasteiger partial charge in [-0.1, -0.05) is 31.6 Å². The molecule has 23 heavy (non-hydrogen) atoms. The zero-order valence-corrected chi connectivity index (χ0v) is 14.3. The van der Waals surface area contributed by atoms with Crippen molar-refractivity contribution in [1.29, 1.82) is 0 Å². The highest BCUT2D eigenvalue weighted by molar-refractivity contribution is 5.92. The molecule has 0 saturated heterocycles. The fraction of sp³-hybridized carbons (Fsp3) is 0.700. The Balaban J connectivity index is 1.79. The Hall–Kier alpha value is -1.22. The van der Waals surface area contributed by atoms with Crippen LogP contribution in [0.2, 0.25) is 0 Å². The van der Waals surface area contributed by atoms with Gasteiger partial charge in [0.2, 0.25) is 0 Å². The number of allylic oxidation sites excluding steroid dienone is 2. The van der Waals surface area contributed by atoms with E-state index in [1.807, 2.05) is 13.0 Å². The Morgan fingerprint density at radius 2 is 1.91 bits per heavy atom. The van der Waals surface area contributed by atoms with Crippen LogP contribution in [0.15, 0.2) is 23.8 Å². The number of ketones is 2. The summed E-state index contributed by atoms with van der Waals surface area (Å²) in [5.74, 6) is 0.968. The molecule has 0 aromatic rings. The Morgan fingerprint density at radius 3 is 2.65 bits per heavy atom. The average molecular weight is 314 g/mol.